The molecule has 1 spiro atoms. The maximum atomic E-state index is 13.7. The van der Waals surface area contributed by atoms with Crippen molar-refractivity contribution in [2.24, 2.45) is 0 Å². The van der Waals surface area contributed by atoms with E-state index in [1.54, 1.807) is 11.9 Å². The van der Waals surface area contributed by atoms with Gasteiger partial charge in [-0.25, -0.2) is 0 Å². The SMILES string of the molecule is CC.CN(c1cc2c(cc1C(F)(F)F)OC1(CCC1)C(=O)N2)C1CCCNC1. The molecule has 1 aromatic carbocycles. The molecule has 1 aliphatic carbocycles. The van der Waals surface area contributed by atoms with Crippen LogP contribution in [-0.4, -0.2) is 37.7 Å². The Morgan fingerprint density at radius 2 is 1.93 bits per heavy atom. The number of nitrogens with zero attached hydrogens (tertiary/aromatic N) is 1. The topological polar surface area (TPSA) is 53.6 Å². The Hall–Kier alpha value is -1.96. The van der Waals surface area contributed by atoms with Crippen molar-refractivity contribution >= 4 is 17.3 Å². The number of piperidine rings is 1. The molecule has 3 aliphatic rings. The van der Waals surface area contributed by atoms with E-state index in [1.807, 2.05) is 13.8 Å². The van der Waals surface area contributed by atoms with E-state index in [0.717, 1.165) is 31.9 Å². The number of hydrogen-bond donors (Lipinski definition) is 2. The summed E-state index contributed by atoms with van der Waals surface area (Å²) in [5.74, 6) is -0.153. The first-order valence-electron chi connectivity index (χ1n) is 9.99. The number of ether oxygens (including phenoxy) is 1. The number of fused-ring (bicyclic) bond motifs is 1. The Balaban J connectivity index is 0.00000109. The molecule has 2 fully saturated rings. The van der Waals surface area contributed by atoms with Gasteiger partial charge in [0.05, 0.1) is 16.9 Å². The highest BCUT2D eigenvalue weighted by Gasteiger charge is 2.50. The van der Waals surface area contributed by atoms with Gasteiger partial charge < -0.3 is 20.3 Å². The number of hydrogen-bond acceptors (Lipinski definition) is 4. The molecule has 0 radical (unpaired) electrons. The quantitative estimate of drug-likeness (QED) is 0.784. The Labute approximate surface area is 163 Å². The molecule has 0 aromatic heterocycles. The normalized spacial score (nSPS) is 22.8. The van der Waals surface area contributed by atoms with Crippen LogP contribution in [0.1, 0.15) is 51.5 Å². The fourth-order valence-corrected chi connectivity index (χ4v) is 3.95. The van der Waals surface area contributed by atoms with Crippen molar-refractivity contribution in [1.29, 1.82) is 0 Å². The predicted octanol–water partition coefficient (Wildman–Crippen LogP) is 4.17. The second-order valence-electron chi connectivity index (χ2n) is 7.38. The number of nitrogens with one attached hydrogen (secondary N) is 2. The lowest BCUT2D eigenvalue weighted by Gasteiger charge is -2.44. The smallest absolute Gasteiger partial charge is 0.418 e. The van der Waals surface area contributed by atoms with Crippen LogP contribution in [0.4, 0.5) is 24.5 Å². The molecular formula is C20H28F3N3O2. The maximum absolute atomic E-state index is 13.7. The fourth-order valence-electron chi connectivity index (χ4n) is 3.95. The van der Waals surface area contributed by atoms with Gasteiger partial charge in [-0.1, -0.05) is 13.8 Å². The highest BCUT2D eigenvalue weighted by Crippen LogP contribution is 2.48. The van der Waals surface area contributed by atoms with Gasteiger partial charge >= 0.3 is 6.18 Å². The second-order valence-corrected chi connectivity index (χ2v) is 7.38. The second kappa shape index (κ2) is 7.81. The Bertz CT molecular complexity index is 726. The van der Waals surface area contributed by atoms with Crippen LogP contribution in [0.25, 0.3) is 0 Å². The first-order chi connectivity index (χ1) is 13.3. The third-order valence-electron chi connectivity index (χ3n) is 5.73. The van der Waals surface area contributed by atoms with E-state index >= 15 is 0 Å². The molecule has 8 heteroatoms. The van der Waals surface area contributed by atoms with Crippen molar-refractivity contribution in [2.75, 3.05) is 30.4 Å². The molecule has 0 bridgehead atoms. The van der Waals surface area contributed by atoms with Gasteiger partial charge in [0, 0.05) is 19.6 Å². The zero-order chi connectivity index (χ0) is 20.5. The molecule has 28 heavy (non-hydrogen) atoms. The van der Waals surface area contributed by atoms with E-state index in [-0.39, 0.29) is 23.4 Å². The lowest BCUT2D eigenvalue weighted by Crippen LogP contribution is -2.55. The summed E-state index contributed by atoms with van der Waals surface area (Å²) < 4.78 is 46.9. The molecular weight excluding hydrogens is 371 g/mol. The van der Waals surface area contributed by atoms with Crippen LogP contribution in [0.15, 0.2) is 12.1 Å². The minimum atomic E-state index is -4.50. The predicted molar refractivity (Wildman–Crippen MR) is 103 cm³/mol. The van der Waals surface area contributed by atoms with Crippen LogP contribution in [0, 0.1) is 0 Å². The highest BCUT2D eigenvalue weighted by atomic mass is 19.4. The molecule has 2 heterocycles. The number of carbonyl (C=O) groups is 1. The van der Waals surface area contributed by atoms with Gasteiger partial charge in [0.15, 0.2) is 5.60 Å². The minimum Gasteiger partial charge on any atom is -0.475 e. The van der Waals surface area contributed by atoms with E-state index in [9.17, 15) is 18.0 Å². The van der Waals surface area contributed by atoms with Gasteiger partial charge in [-0.15, -0.1) is 0 Å². The van der Waals surface area contributed by atoms with Crippen LogP contribution in [0.3, 0.4) is 0 Å². The molecule has 1 saturated carbocycles. The maximum Gasteiger partial charge on any atom is 0.418 e. The molecule has 2 aliphatic heterocycles. The summed E-state index contributed by atoms with van der Waals surface area (Å²) in [7, 11) is 1.67. The summed E-state index contributed by atoms with van der Waals surface area (Å²) in [5, 5.41) is 5.98. The van der Waals surface area contributed by atoms with E-state index in [1.165, 1.54) is 6.07 Å². The van der Waals surface area contributed by atoms with Crippen LogP contribution in [0.5, 0.6) is 5.75 Å². The van der Waals surface area contributed by atoms with Crippen molar-refractivity contribution in [3.8, 4) is 5.75 Å². The third kappa shape index (κ3) is 3.66. The van der Waals surface area contributed by atoms with Gasteiger partial charge in [-0.3, -0.25) is 4.79 Å². The average molecular weight is 399 g/mol. The van der Waals surface area contributed by atoms with Crippen LogP contribution in [0.2, 0.25) is 0 Å². The first-order valence-corrected chi connectivity index (χ1v) is 9.99. The number of carbonyl (C=O) groups excluding carboxylic acids is 1. The van der Waals surface area contributed by atoms with Gasteiger partial charge in [-0.05, 0) is 50.8 Å². The molecule has 1 amide bonds. The number of anilines is 2. The number of amides is 1. The summed E-state index contributed by atoms with van der Waals surface area (Å²) in [4.78, 5) is 14.0. The number of benzene rings is 1. The molecule has 156 valence electrons. The lowest BCUT2D eigenvalue weighted by atomic mass is 9.78. The Kier molecular flexibility index (Phi) is 5.79. The summed E-state index contributed by atoms with van der Waals surface area (Å²) in [6, 6.07) is 2.41. The zero-order valence-electron chi connectivity index (χ0n) is 16.6. The Morgan fingerprint density at radius 1 is 1.21 bits per heavy atom. The molecule has 1 unspecified atom stereocenters. The van der Waals surface area contributed by atoms with Crippen molar-refractivity contribution < 1.29 is 22.7 Å². The number of rotatable bonds is 2. The number of halogens is 3. The highest BCUT2D eigenvalue weighted by molar-refractivity contribution is 6.02. The van der Waals surface area contributed by atoms with Gasteiger partial charge in [0.25, 0.3) is 5.91 Å². The van der Waals surface area contributed by atoms with Crippen molar-refractivity contribution in [3.63, 3.8) is 0 Å². The van der Waals surface area contributed by atoms with E-state index in [4.69, 9.17) is 4.74 Å². The standard InChI is InChI=1S/C18H22F3N3O2.C2H6/c1-24(11-4-2-7-22-10-11)14-9-13-15(8-12(14)18(19,20)21)26-17(5-3-6-17)16(25)23-13;1-2/h8-9,11,22H,2-7,10H2,1H3,(H,23,25);1-2H3. The lowest BCUT2D eigenvalue weighted by molar-refractivity contribution is -0.140. The largest absolute Gasteiger partial charge is 0.475 e. The molecule has 1 saturated heterocycles. The molecule has 5 nitrogen and oxygen atoms in total. The van der Waals surface area contributed by atoms with Gasteiger partial charge in [-0.2, -0.15) is 13.2 Å². The fraction of sp³-hybridized carbons (Fsp3) is 0.650. The monoisotopic (exact) mass is 399 g/mol. The first kappa shape index (κ1) is 20.8. The van der Waals surface area contributed by atoms with Crippen LogP contribution < -0.4 is 20.3 Å². The zero-order valence-corrected chi connectivity index (χ0v) is 16.6. The minimum absolute atomic E-state index is 0.0268. The van der Waals surface area contributed by atoms with Crippen LogP contribution in [-0.2, 0) is 11.0 Å². The van der Waals surface area contributed by atoms with Crippen molar-refractivity contribution in [2.45, 2.75) is 63.8 Å². The summed E-state index contributed by atoms with van der Waals surface area (Å²) in [6.07, 6.45) is -0.847. The van der Waals surface area contributed by atoms with Crippen molar-refractivity contribution in [3.05, 3.63) is 17.7 Å². The van der Waals surface area contributed by atoms with Gasteiger partial charge in [0.2, 0.25) is 0 Å². The summed E-state index contributed by atoms with van der Waals surface area (Å²) >= 11 is 0. The number of alkyl halides is 3. The average Bonchev–Trinajstić information content (AvgIpc) is 2.66. The van der Waals surface area contributed by atoms with Crippen LogP contribution >= 0.6 is 0 Å². The third-order valence-corrected chi connectivity index (χ3v) is 5.73. The van der Waals surface area contributed by atoms with E-state index < -0.39 is 17.3 Å². The summed E-state index contributed by atoms with van der Waals surface area (Å²) in [5.41, 5.74) is -1.34. The Morgan fingerprint density at radius 3 is 2.46 bits per heavy atom. The van der Waals surface area contributed by atoms with Crippen molar-refractivity contribution in [1.82, 2.24) is 5.32 Å². The molecule has 2 N–H and O–H groups in total. The van der Waals surface area contributed by atoms with Gasteiger partial charge in [0.1, 0.15) is 5.75 Å². The van der Waals surface area contributed by atoms with E-state index in [0.29, 0.717) is 25.1 Å². The summed E-state index contributed by atoms with van der Waals surface area (Å²) in [6.45, 7) is 5.52. The molecule has 4 rings (SSSR count). The molecule has 1 aromatic rings. The van der Waals surface area contributed by atoms with E-state index in [2.05, 4.69) is 10.6 Å². The number of likely N-dealkylation sites (N-methyl/N-ethyl adjacent to an activating group) is 1. The molecule has 1 atom stereocenters.